The highest BCUT2D eigenvalue weighted by atomic mass is 16.5. The molecule has 0 heterocycles. The second-order valence-electron chi connectivity index (χ2n) is 3.42. The topological polar surface area (TPSA) is 95.9 Å². The van der Waals surface area contributed by atoms with Crippen molar-refractivity contribution in [2.75, 3.05) is 27.2 Å². The molecule has 1 amide bonds. The molecular formula is C11H16N2O5. The van der Waals surface area contributed by atoms with E-state index in [0.717, 1.165) is 0 Å². The molecule has 7 heteroatoms. The van der Waals surface area contributed by atoms with Crippen LogP contribution in [0, 0.1) is 0 Å². The van der Waals surface area contributed by atoms with Crippen LogP contribution in [0.5, 0.6) is 0 Å². The Morgan fingerprint density at radius 1 is 1.39 bits per heavy atom. The Labute approximate surface area is 105 Å². The molecule has 0 rings (SSSR count). The van der Waals surface area contributed by atoms with Crippen LogP contribution in [-0.2, 0) is 19.1 Å². The van der Waals surface area contributed by atoms with Crippen molar-refractivity contribution in [3.05, 3.63) is 24.4 Å². The fourth-order valence-electron chi connectivity index (χ4n) is 0.923. The van der Waals surface area contributed by atoms with Crippen LogP contribution in [0.15, 0.2) is 24.4 Å². The van der Waals surface area contributed by atoms with Crippen LogP contribution >= 0.6 is 0 Å². The Kier molecular flexibility index (Phi) is 6.87. The summed E-state index contributed by atoms with van der Waals surface area (Å²) in [6, 6.07) is 0. The molecule has 0 bridgehead atoms. The first kappa shape index (κ1) is 15.7. The number of rotatable bonds is 7. The van der Waals surface area contributed by atoms with Gasteiger partial charge < -0.3 is 20.1 Å². The van der Waals surface area contributed by atoms with Crippen LogP contribution < -0.4 is 5.32 Å². The van der Waals surface area contributed by atoms with E-state index in [-0.39, 0.29) is 18.8 Å². The minimum Gasteiger partial charge on any atom is -0.478 e. The molecule has 0 aliphatic rings. The highest BCUT2D eigenvalue weighted by Gasteiger charge is 2.14. The molecule has 7 nitrogen and oxygen atoms in total. The van der Waals surface area contributed by atoms with Gasteiger partial charge in [0.05, 0.1) is 6.08 Å². The van der Waals surface area contributed by atoms with E-state index in [1.54, 1.807) is 0 Å². The van der Waals surface area contributed by atoms with Gasteiger partial charge in [0, 0.05) is 14.1 Å². The van der Waals surface area contributed by atoms with E-state index in [9.17, 15) is 14.4 Å². The quantitative estimate of drug-likeness (QED) is 0.357. The number of hydrogen-bond donors (Lipinski definition) is 2. The van der Waals surface area contributed by atoms with Crippen LogP contribution in [0.1, 0.15) is 0 Å². The molecule has 0 spiro atoms. The molecule has 0 aliphatic heterocycles. The average molecular weight is 256 g/mol. The minimum absolute atomic E-state index is 0.0557. The number of nitrogens with one attached hydrogen (secondary N) is 1. The Bertz CT molecular complexity index is 374. The van der Waals surface area contributed by atoms with Crippen molar-refractivity contribution in [1.29, 1.82) is 0 Å². The lowest BCUT2D eigenvalue weighted by molar-refractivity contribution is -0.141. The molecule has 0 unspecified atom stereocenters. The summed E-state index contributed by atoms with van der Waals surface area (Å²) in [5.74, 6) is -2.45. The molecule has 0 aromatic carbocycles. The molecule has 0 aromatic heterocycles. The van der Waals surface area contributed by atoms with Gasteiger partial charge >= 0.3 is 11.9 Å². The second-order valence-corrected chi connectivity index (χ2v) is 3.42. The van der Waals surface area contributed by atoms with Crippen LogP contribution in [0.3, 0.4) is 0 Å². The lowest BCUT2D eigenvalue weighted by atomic mass is 10.3. The predicted molar refractivity (Wildman–Crippen MR) is 63.6 cm³/mol. The van der Waals surface area contributed by atoms with Gasteiger partial charge in [0.25, 0.3) is 5.91 Å². The number of nitrogens with zero attached hydrogens (tertiary/aromatic N) is 1. The zero-order valence-electron chi connectivity index (χ0n) is 10.3. The highest BCUT2D eigenvalue weighted by molar-refractivity contribution is 5.98. The summed E-state index contributed by atoms with van der Waals surface area (Å²) < 4.78 is 4.67. The van der Waals surface area contributed by atoms with Crippen molar-refractivity contribution < 1.29 is 24.2 Å². The Balaban J connectivity index is 4.53. The third kappa shape index (κ3) is 6.31. The van der Waals surface area contributed by atoms with Gasteiger partial charge in [-0.25, -0.2) is 4.79 Å². The predicted octanol–water partition coefficient (Wildman–Crippen LogP) is -0.638. The van der Waals surface area contributed by atoms with Crippen molar-refractivity contribution in [1.82, 2.24) is 10.2 Å². The number of hydrogen-bond acceptors (Lipinski definition) is 5. The zero-order chi connectivity index (χ0) is 14.1. The maximum absolute atomic E-state index is 11.6. The number of carboxylic acids is 1. The minimum atomic E-state index is -1.29. The summed E-state index contributed by atoms with van der Waals surface area (Å²) in [7, 11) is 2.94. The normalized spacial score (nSPS) is 10.4. The number of carbonyl (C=O) groups excluding carboxylic acids is 2. The van der Waals surface area contributed by atoms with Crippen LogP contribution in [0.2, 0.25) is 0 Å². The summed E-state index contributed by atoms with van der Waals surface area (Å²) in [4.78, 5) is 34.4. The molecule has 0 saturated carbocycles. The number of aliphatic carboxylic acids is 1. The zero-order valence-corrected chi connectivity index (χ0v) is 10.3. The van der Waals surface area contributed by atoms with E-state index in [1.807, 2.05) is 0 Å². The van der Waals surface area contributed by atoms with Gasteiger partial charge in [-0.2, -0.15) is 0 Å². The van der Waals surface area contributed by atoms with Crippen molar-refractivity contribution in [2.45, 2.75) is 0 Å². The molecule has 100 valence electrons. The molecular weight excluding hydrogens is 240 g/mol. The van der Waals surface area contributed by atoms with E-state index >= 15 is 0 Å². The average Bonchev–Trinajstić information content (AvgIpc) is 2.30. The van der Waals surface area contributed by atoms with Gasteiger partial charge in [0.1, 0.15) is 18.8 Å². The fourth-order valence-corrected chi connectivity index (χ4v) is 0.923. The van der Waals surface area contributed by atoms with E-state index in [0.29, 0.717) is 6.08 Å². The van der Waals surface area contributed by atoms with Crippen LogP contribution in [0.4, 0.5) is 0 Å². The van der Waals surface area contributed by atoms with Crippen molar-refractivity contribution in [2.24, 2.45) is 0 Å². The molecule has 0 aromatic rings. The number of ether oxygens (including phenoxy) is 1. The molecule has 18 heavy (non-hydrogen) atoms. The highest BCUT2D eigenvalue weighted by Crippen LogP contribution is 1.95. The first-order valence-electron chi connectivity index (χ1n) is 5.05. The van der Waals surface area contributed by atoms with Gasteiger partial charge in [-0.3, -0.25) is 9.59 Å². The summed E-state index contributed by atoms with van der Waals surface area (Å²) in [5.41, 5.74) is -0.192. The SMILES string of the molecule is C=CCOC(=O)CN/C(=C\C(=O)O)C(=O)N(C)C. The van der Waals surface area contributed by atoms with Gasteiger partial charge in [-0.05, 0) is 0 Å². The van der Waals surface area contributed by atoms with Crippen molar-refractivity contribution in [3.8, 4) is 0 Å². The number of esters is 1. The monoisotopic (exact) mass is 256 g/mol. The summed E-state index contributed by atoms with van der Waals surface area (Å²) >= 11 is 0. The Morgan fingerprint density at radius 3 is 2.44 bits per heavy atom. The maximum atomic E-state index is 11.6. The summed E-state index contributed by atoms with van der Waals surface area (Å²) in [6.07, 6.45) is 2.10. The second kappa shape index (κ2) is 7.88. The number of carboxylic acid groups (broad SMARTS) is 1. The first-order chi connectivity index (χ1) is 8.38. The Hall–Kier alpha value is -2.31. The lowest BCUT2D eigenvalue weighted by Gasteiger charge is -2.14. The van der Waals surface area contributed by atoms with E-state index in [2.05, 4.69) is 16.6 Å². The van der Waals surface area contributed by atoms with Gasteiger partial charge in [-0.1, -0.05) is 12.7 Å². The van der Waals surface area contributed by atoms with E-state index in [4.69, 9.17) is 5.11 Å². The molecule has 0 atom stereocenters. The molecule has 0 radical (unpaired) electrons. The van der Waals surface area contributed by atoms with Crippen molar-refractivity contribution in [3.63, 3.8) is 0 Å². The fraction of sp³-hybridized carbons (Fsp3) is 0.364. The smallest absolute Gasteiger partial charge is 0.330 e. The molecule has 0 saturated heterocycles. The molecule has 0 fully saturated rings. The third-order valence-electron chi connectivity index (χ3n) is 1.69. The number of amides is 1. The number of carbonyl (C=O) groups is 3. The van der Waals surface area contributed by atoms with Crippen LogP contribution in [0.25, 0.3) is 0 Å². The lowest BCUT2D eigenvalue weighted by Crippen LogP contribution is -2.34. The standard InChI is InChI=1S/C11H16N2O5/c1-4-5-18-10(16)7-12-8(6-9(14)15)11(17)13(2)3/h4,6,12H,1,5,7H2,2-3H3,(H,14,15)/b8-6-. The number of likely N-dealkylation sites (N-methyl/N-ethyl adjacent to an activating group) is 1. The van der Waals surface area contributed by atoms with Crippen molar-refractivity contribution >= 4 is 17.8 Å². The largest absolute Gasteiger partial charge is 0.478 e. The Morgan fingerprint density at radius 2 is 2.00 bits per heavy atom. The van der Waals surface area contributed by atoms with Gasteiger partial charge in [-0.15, -0.1) is 0 Å². The van der Waals surface area contributed by atoms with Gasteiger partial charge in [0.15, 0.2) is 0 Å². The molecule has 2 N–H and O–H groups in total. The van der Waals surface area contributed by atoms with Crippen LogP contribution in [-0.4, -0.2) is 55.1 Å². The maximum Gasteiger partial charge on any atom is 0.330 e. The third-order valence-corrected chi connectivity index (χ3v) is 1.69. The first-order valence-corrected chi connectivity index (χ1v) is 5.05. The summed E-state index contributed by atoms with van der Waals surface area (Å²) in [6.45, 7) is 3.13. The summed E-state index contributed by atoms with van der Waals surface area (Å²) in [5, 5.41) is 11.0. The molecule has 0 aliphatic carbocycles. The van der Waals surface area contributed by atoms with Gasteiger partial charge in [0.2, 0.25) is 0 Å². The van der Waals surface area contributed by atoms with E-state index in [1.165, 1.54) is 25.1 Å². The van der Waals surface area contributed by atoms with E-state index < -0.39 is 17.8 Å².